The molecule has 0 fully saturated rings. The van der Waals surface area contributed by atoms with Gasteiger partial charge < -0.3 is 20.1 Å². The topological polar surface area (TPSA) is 76.7 Å². The van der Waals surface area contributed by atoms with Crippen LogP contribution >= 0.6 is 0 Å². The summed E-state index contributed by atoms with van der Waals surface area (Å²) in [5.74, 6) is -1.40. The van der Waals surface area contributed by atoms with Crippen molar-refractivity contribution >= 4 is 11.8 Å². The Balaban J connectivity index is 1.42. The largest absolute Gasteiger partial charge is 0.454 e. The lowest BCUT2D eigenvalue weighted by atomic mass is 10.2. The number of benzene rings is 2. The molecular formula is C18H16F2N2O4. The number of amides is 2. The van der Waals surface area contributed by atoms with E-state index in [-0.39, 0.29) is 31.2 Å². The lowest BCUT2D eigenvalue weighted by Crippen LogP contribution is -2.31. The maximum absolute atomic E-state index is 13.5. The summed E-state index contributed by atoms with van der Waals surface area (Å²) in [6.07, 6.45) is 0.0269. The molecule has 0 spiro atoms. The average Bonchev–Trinajstić information content (AvgIpc) is 3.07. The van der Waals surface area contributed by atoms with Crippen LogP contribution in [0.5, 0.6) is 11.5 Å². The van der Waals surface area contributed by atoms with Crippen molar-refractivity contribution in [1.82, 2.24) is 10.6 Å². The SMILES string of the molecule is O=C(CCNC(=O)c1ccc(F)cc1F)NCc1ccc2c(c1)OCO2. The molecule has 1 aliphatic heterocycles. The highest BCUT2D eigenvalue weighted by Crippen LogP contribution is 2.32. The van der Waals surface area contributed by atoms with Crippen LogP contribution in [0.15, 0.2) is 36.4 Å². The number of hydrogen-bond donors (Lipinski definition) is 2. The fraction of sp³-hybridized carbons (Fsp3) is 0.222. The zero-order valence-corrected chi connectivity index (χ0v) is 13.7. The molecule has 0 saturated carbocycles. The molecule has 0 bridgehead atoms. The van der Waals surface area contributed by atoms with E-state index in [1.54, 1.807) is 12.1 Å². The Labute approximate surface area is 148 Å². The van der Waals surface area contributed by atoms with Gasteiger partial charge in [0.15, 0.2) is 11.5 Å². The van der Waals surface area contributed by atoms with Gasteiger partial charge in [-0.25, -0.2) is 8.78 Å². The van der Waals surface area contributed by atoms with Gasteiger partial charge in [-0.15, -0.1) is 0 Å². The van der Waals surface area contributed by atoms with Crippen LogP contribution in [0.4, 0.5) is 8.78 Å². The van der Waals surface area contributed by atoms with E-state index in [1.165, 1.54) is 0 Å². The van der Waals surface area contributed by atoms with Gasteiger partial charge in [-0.2, -0.15) is 0 Å². The second-order valence-electron chi connectivity index (χ2n) is 5.59. The minimum atomic E-state index is -0.949. The van der Waals surface area contributed by atoms with E-state index in [2.05, 4.69) is 10.6 Å². The highest BCUT2D eigenvalue weighted by Gasteiger charge is 2.14. The third-order valence-corrected chi connectivity index (χ3v) is 3.74. The van der Waals surface area contributed by atoms with E-state index in [0.29, 0.717) is 24.1 Å². The number of nitrogens with one attached hydrogen (secondary N) is 2. The van der Waals surface area contributed by atoms with Crippen molar-refractivity contribution in [2.45, 2.75) is 13.0 Å². The Morgan fingerprint density at radius 2 is 1.81 bits per heavy atom. The average molecular weight is 362 g/mol. The summed E-state index contributed by atoms with van der Waals surface area (Å²) in [4.78, 5) is 23.7. The zero-order valence-electron chi connectivity index (χ0n) is 13.7. The smallest absolute Gasteiger partial charge is 0.254 e. The number of hydrogen-bond acceptors (Lipinski definition) is 4. The Kier molecular flexibility index (Phi) is 5.31. The Hall–Kier alpha value is -3.16. The van der Waals surface area contributed by atoms with Gasteiger partial charge in [0, 0.05) is 25.6 Å². The minimum Gasteiger partial charge on any atom is -0.454 e. The minimum absolute atomic E-state index is 0.0269. The fourth-order valence-electron chi connectivity index (χ4n) is 2.40. The highest BCUT2D eigenvalue weighted by molar-refractivity contribution is 5.94. The summed E-state index contributed by atoms with van der Waals surface area (Å²) < 4.78 is 36.8. The summed E-state index contributed by atoms with van der Waals surface area (Å²) in [6, 6.07) is 8.04. The van der Waals surface area contributed by atoms with Crippen LogP contribution in [0.25, 0.3) is 0 Å². The zero-order chi connectivity index (χ0) is 18.5. The summed E-state index contributed by atoms with van der Waals surface area (Å²) in [6.45, 7) is 0.512. The molecule has 136 valence electrons. The first kappa shape index (κ1) is 17.7. The van der Waals surface area contributed by atoms with Gasteiger partial charge in [0.25, 0.3) is 5.91 Å². The molecule has 0 aliphatic carbocycles. The summed E-state index contributed by atoms with van der Waals surface area (Å²) in [5.41, 5.74) is 0.576. The number of carbonyl (C=O) groups is 2. The van der Waals surface area contributed by atoms with Gasteiger partial charge in [-0.1, -0.05) is 6.07 Å². The summed E-state index contributed by atoms with van der Waals surface area (Å²) in [7, 11) is 0. The van der Waals surface area contributed by atoms with E-state index < -0.39 is 17.5 Å². The molecule has 0 saturated heterocycles. The van der Waals surface area contributed by atoms with E-state index in [1.807, 2.05) is 6.07 Å². The van der Waals surface area contributed by atoms with Crippen LogP contribution < -0.4 is 20.1 Å². The van der Waals surface area contributed by atoms with Gasteiger partial charge >= 0.3 is 0 Å². The normalized spacial score (nSPS) is 11.9. The second-order valence-corrected chi connectivity index (χ2v) is 5.59. The molecule has 1 heterocycles. The Morgan fingerprint density at radius 3 is 2.62 bits per heavy atom. The molecule has 8 heteroatoms. The standard InChI is InChI=1S/C18H16F2N2O4/c19-12-2-3-13(14(20)8-12)18(24)21-6-5-17(23)22-9-11-1-4-15-16(7-11)26-10-25-15/h1-4,7-8H,5-6,9-10H2,(H,21,24)(H,22,23). The molecule has 0 aromatic heterocycles. The molecule has 2 N–H and O–H groups in total. The molecule has 2 amide bonds. The predicted octanol–water partition coefficient (Wildman–Crippen LogP) is 2.13. The monoisotopic (exact) mass is 362 g/mol. The molecule has 0 radical (unpaired) electrons. The number of carbonyl (C=O) groups excluding carboxylic acids is 2. The van der Waals surface area contributed by atoms with Crippen LogP contribution in [0.1, 0.15) is 22.3 Å². The number of rotatable bonds is 6. The molecule has 0 atom stereocenters. The molecule has 6 nitrogen and oxygen atoms in total. The number of ether oxygens (including phenoxy) is 2. The highest BCUT2D eigenvalue weighted by atomic mass is 19.1. The van der Waals surface area contributed by atoms with E-state index in [9.17, 15) is 18.4 Å². The quantitative estimate of drug-likeness (QED) is 0.825. The van der Waals surface area contributed by atoms with Crippen molar-refractivity contribution in [2.75, 3.05) is 13.3 Å². The lowest BCUT2D eigenvalue weighted by Gasteiger charge is -2.08. The summed E-state index contributed by atoms with van der Waals surface area (Å²) >= 11 is 0. The third-order valence-electron chi connectivity index (χ3n) is 3.74. The van der Waals surface area contributed by atoms with E-state index in [0.717, 1.165) is 17.7 Å². The molecule has 2 aromatic carbocycles. The van der Waals surface area contributed by atoms with Gasteiger partial charge in [0.2, 0.25) is 12.7 Å². The van der Waals surface area contributed by atoms with Crippen LogP contribution in [0.2, 0.25) is 0 Å². The van der Waals surface area contributed by atoms with Gasteiger partial charge in [-0.05, 0) is 29.8 Å². The van der Waals surface area contributed by atoms with Gasteiger partial charge in [0.1, 0.15) is 11.6 Å². The van der Waals surface area contributed by atoms with Crippen LogP contribution in [-0.4, -0.2) is 25.2 Å². The Bertz CT molecular complexity index is 842. The third kappa shape index (κ3) is 4.27. The molecule has 2 aromatic rings. The Morgan fingerprint density at radius 1 is 1.00 bits per heavy atom. The molecule has 3 rings (SSSR count). The van der Waals surface area contributed by atoms with Crippen LogP contribution in [0, 0.1) is 11.6 Å². The molecule has 0 unspecified atom stereocenters. The maximum atomic E-state index is 13.5. The fourth-order valence-corrected chi connectivity index (χ4v) is 2.40. The van der Waals surface area contributed by atoms with Crippen LogP contribution in [-0.2, 0) is 11.3 Å². The molecular weight excluding hydrogens is 346 g/mol. The van der Waals surface area contributed by atoms with Crippen LogP contribution in [0.3, 0.4) is 0 Å². The van der Waals surface area contributed by atoms with Crippen molar-refractivity contribution in [3.05, 3.63) is 59.2 Å². The van der Waals surface area contributed by atoms with Crippen molar-refractivity contribution in [1.29, 1.82) is 0 Å². The predicted molar refractivity (Wildman–Crippen MR) is 87.7 cm³/mol. The maximum Gasteiger partial charge on any atom is 0.254 e. The van der Waals surface area contributed by atoms with Crippen molar-refractivity contribution in [3.63, 3.8) is 0 Å². The second kappa shape index (κ2) is 7.81. The van der Waals surface area contributed by atoms with Crippen molar-refractivity contribution in [2.24, 2.45) is 0 Å². The number of halogens is 2. The first-order chi connectivity index (χ1) is 12.5. The van der Waals surface area contributed by atoms with Gasteiger partial charge in [0.05, 0.1) is 5.56 Å². The first-order valence-electron chi connectivity index (χ1n) is 7.91. The van der Waals surface area contributed by atoms with Crippen molar-refractivity contribution in [3.8, 4) is 11.5 Å². The molecule has 1 aliphatic rings. The van der Waals surface area contributed by atoms with Crippen molar-refractivity contribution < 1.29 is 27.8 Å². The molecule has 26 heavy (non-hydrogen) atoms. The first-order valence-corrected chi connectivity index (χ1v) is 7.91. The van der Waals surface area contributed by atoms with E-state index >= 15 is 0 Å². The lowest BCUT2D eigenvalue weighted by molar-refractivity contribution is -0.121. The summed E-state index contributed by atoms with van der Waals surface area (Å²) in [5, 5.41) is 5.14. The number of fused-ring (bicyclic) bond motifs is 1. The van der Waals surface area contributed by atoms with E-state index in [4.69, 9.17) is 9.47 Å². The van der Waals surface area contributed by atoms with Gasteiger partial charge in [-0.3, -0.25) is 9.59 Å².